The van der Waals surface area contributed by atoms with E-state index in [0.717, 1.165) is 22.4 Å². The Morgan fingerprint density at radius 3 is 2.52 bits per heavy atom. The van der Waals surface area contributed by atoms with Crippen molar-refractivity contribution >= 4 is 21.9 Å². The highest BCUT2D eigenvalue weighted by Crippen LogP contribution is 2.31. The average molecular weight is 382 g/mol. The lowest BCUT2D eigenvalue weighted by Gasteiger charge is -2.19. The summed E-state index contributed by atoms with van der Waals surface area (Å²) in [4.78, 5) is 25.2. The Labute approximate surface area is 166 Å². The average Bonchev–Trinajstić information content (AvgIpc) is 3.18. The number of H-pyrrole nitrogens is 1. The highest BCUT2D eigenvalue weighted by atomic mass is 16.5. The highest BCUT2D eigenvalue weighted by molar-refractivity contribution is 5.80. The molecule has 29 heavy (non-hydrogen) atoms. The summed E-state index contributed by atoms with van der Waals surface area (Å²) in [5, 5.41) is 0.566. The van der Waals surface area contributed by atoms with Gasteiger partial charge in [0.1, 0.15) is 17.9 Å². The monoisotopic (exact) mass is 382 g/mol. The number of hydrogen-bond acceptors (Lipinski definition) is 4. The molecule has 2 heterocycles. The summed E-state index contributed by atoms with van der Waals surface area (Å²) < 4.78 is 7.67. The Morgan fingerprint density at radius 1 is 0.931 bits per heavy atom. The molecule has 0 spiro atoms. The maximum Gasteiger partial charge on any atom is 0.264 e. The summed E-state index contributed by atoms with van der Waals surface area (Å²) in [6, 6.07) is 22.8. The number of imidazole rings is 1. The minimum atomic E-state index is -0.537. The Bertz CT molecular complexity index is 1350. The molecule has 0 aliphatic heterocycles. The van der Waals surface area contributed by atoms with E-state index in [1.54, 1.807) is 6.07 Å². The van der Waals surface area contributed by atoms with E-state index in [4.69, 9.17) is 4.74 Å². The number of nitrogens with one attached hydrogen (secondary N) is 1. The van der Waals surface area contributed by atoms with Gasteiger partial charge in [-0.15, -0.1) is 0 Å². The minimum absolute atomic E-state index is 0.135. The van der Waals surface area contributed by atoms with E-state index in [9.17, 15) is 4.79 Å². The van der Waals surface area contributed by atoms with Crippen LogP contribution in [0.1, 0.15) is 13.2 Å². The number of aromatic nitrogens is 4. The molecule has 0 bridgehead atoms. The number of nitrogens with zero attached hydrogens (tertiary/aromatic N) is 3. The van der Waals surface area contributed by atoms with Crippen LogP contribution in [0.3, 0.4) is 0 Å². The van der Waals surface area contributed by atoms with E-state index in [2.05, 4.69) is 15.0 Å². The van der Waals surface area contributed by atoms with Crippen LogP contribution in [0.25, 0.3) is 33.3 Å². The van der Waals surface area contributed by atoms with Crippen LogP contribution in [0.15, 0.2) is 83.9 Å². The fraction of sp³-hybridized carbons (Fsp3) is 0.0870. The van der Waals surface area contributed by atoms with E-state index >= 15 is 0 Å². The van der Waals surface area contributed by atoms with Gasteiger partial charge >= 0.3 is 0 Å². The third kappa shape index (κ3) is 3.04. The summed E-state index contributed by atoms with van der Waals surface area (Å²) >= 11 is 0. The summed E-state index contributed by atoms with van der Waals surface area (Å²) in [7, 11) is 0. The number of hydrogen-bond donors (Lipinski definition) is 1. The van der Waals surface area contributed by atoms with Crippen LogP contribution in [0.2, 0.25) is 0 Å². The smallest absolute Gasteiger partial charge is 0.264 e. The molecule has 0 amide bonds. The van der Waals surface area contributed by atoms with Crippen LogP contribution >= 0.6 is 0 Å². The molecular weight excluding hydrogens is 364 g/mol. The van der Waals surface area contributed by atoms with Crippen LogP contribution in [-0.2, 0) is 0 Å². The fourth-order valence-corrected chi connectivity index (χ4v) is 3.43. The number of ether oxygens (including phenoxy) is 1. The maximum atomic E-state index is 12.9. The van der Waals surface area contributed by atoms with E-state index in [1.165, 1.54) is 10.9 Å². The molecule has 1 atom stereocenters. The lowest BCUT2D eigenvalue weighted by molar-refractivity contribution is 0.148. The standard InChI is InChI=1S/C23H18N4O2/c1-15(27-14-24-18-10-4-2-8-16(18)23(27)28)29-21-13-7-3-9-17(21)22-25-19-11-5-6-12-20(19)26-22/h2-15H,1H3,(H,25,26). The molecule has 0 saturated heterocycles. The van der Waals surface area contributed by atoms with E-state index in [1.807, 2.05) is 73.7 Å². The summed E-state index contributed by atoms with van der Waals surface area (Å²) in [5.74, 6) is 1.36. The van der Waals surface area contributed by atoms with Crippen LogP contribution in [0, 0.1) is 0 Å². The zero-order valence-electron chi connectivity index (χ0n) is 15.7. The molecule has 0 saturated carbocycles. The van der Waals surface area contributed by atoms with Crippen molar-refractivity contribution in [1.29, 1.82) is 0 Å². The SMILES string of the molecule is CC(Oc1ccccc1-c1nc2ccccc2[nH]1)n1cnc2ccccc2c1=O. The molecule has 0 fully saturated rings. The third-order valence-corrected chi connectivity index (χ3v) is 4.91. The molecule has 1 unspecified atom stereocenters. The van der Waals surface area contributed by atoms with Crippen molar-refractivity contribution in [3.05, 3.63) is 89.5 Å². The van der Waals surface area contributed by atoms with Gasteiger partial charge in [-0.25, -0.2) is 9.97 Å². The number of fused-ring (bicyclic) bond motifs is 2. The number of benzene rings is 3. The zero-order chi connectivity index (χ0) is 19.8. The van der Waals surface area contributed by atoms with Crippen LogP contribution in [0.5, 0.6) is 5.75 Å². The normalized spacial score (nSPS) is 12.3. The first-order valence-corrected chi connectivity index (χ1v) is 9.37. The Balaban J connectivity index is 1.53. The van der Waals surface area contributed by atoms with Gasteiger partial charge in [-0.2, -0.15) is 0 Å². The molecule has 6 nitrogen and oxygen atoms in total. The van der Waals surface area contributed by atoms with E-state index in [-0.39, 0.29) is 5.56 Å². The number of para-hydroxylation sites is 4. The van der Waals surface area contributed by atoms with Gasteiger partial charge in [0, 0.05) is 0 Å². The van der Waals surface area contributed by atoms with E-state index < -0.39 is 6.23 Å². The van der Waals surface area contributed by atoms with Gasteiger partial charge < -0.3 is 9.72 Å². The maximum absolute atomic E-state index is 12.9. The van der Waals surface area contributed by atoms with Crippen molar-refractivity contribution in [3.63, 3.8) is 0 Å². The van der Waals surface area contributed by atoms with Gasteiger partial charge in [-0.3, -0.25) is 9.36 Å². The Kier molecular flexibility index (Phi) is 4.09. The first kappa shape index (κ1) is 17.2. The molecule has 2 aromatic heterocycles. The van der Waals surface area contributed by atoms with Gasteiger partial charge in [0.05, 0.1) is 27.5 Å². The van der Waals surface area contributed by atoms with Crippen molar-refractivity contribution in [2.24, 2.45) is 0 Å². The van der Waals surface area contributed by atoms with Gasteiger partial charge in [0.25, 0.3) is 5.56 Å². The molecular formula is C23H18N4O2. The number of aromatic amines is 1. The second-order valence-electron chi connectivity index (χ2n) is 6.79. The third-order valence-electron chi connectivity index (χ3n) is 4.91. The zero-order valence-corrected chi connectivity index (χ0v) is 15.7. The topological polar surface area (TPSA) is 72.8 Å². The second kappa shape index (κ2) is 6.91. The van der Waals surface area contributed by atoms with E-state index in [0.29, 0.717) is 16.7 Å². The molecule has 6 heteroatoms. The molecule has 5 aromatic rings. The molecule has 3 aromatic carbocycles. The van der Waals surface area contributed by atoms with Crippen molar-refractivity contribution < 1.29 is 4.74 Å². The Morgan fingerprint density at radius 2 is 1.66 bits per heavy atom. The van der Waals surface area contributed by atoms with Gasteiger partial charge in [-0.1, -0.05) is 36.4 Å². The van der Waals surface area contributed by atoms with Crippen LogP contribution in [0.4, 0.5) is 0 Å². The largest absolute Gasteiger partial charge is 0.470 e. The predicted molar refractivity (Wildman–Crippen MR) is 113 cm³/mol. The molecule has 5 rings (SSSR count). The van der Waals surface area contributed by atoms with Gasteiger partial charge in [0.15, 0.2) is 6.23 Å². The lowest BCUT2D eigenvalue weighted by atomic mass is 10.2. The fourth-order valence-electron chi connectivity index (χ4n) is 3.43. The van der Waals surface area contributed by atoms with Crippen molar-refractivity contribution in [3.8, 4) is 17.1 Å². The summed E-state index contributed by atoms with van der Waals surface area (Å²) in [6.45, 7) is 1.83. The minimum Gasteiger partial charge on any atom is -0.470 e. The lowest BCUT2D eigenvalue weighted by Crippen LogP contribution is -2.26. The second-order valence-corrected chi connectivity index (χ2v) is 6.79. The number of rotatable bonds is 4. The Hall–Kier alpha value is -3.93. The van der Waals surface area contributed by atoms with Crippen molar-refractivity contribution in [1.82, 2.24) is 19.5 Å². The van der Waals surface area contributed by atoms with Gasteiger partial charge in [-0.05, 0) is 43.3 Å². The quantitative estimate of drug-likeness (QED) is 0.495. The van der Waals surface area contributed by atoms with Gasteiger partial charge in [0.2, 0.25) is 0 Å². The first-order chi connectivity index (χ1) is 14.2. The molecule has 0 radical (unpaired) electrons. The van der Waals surface area contributed by atoms with Crippen LogP contribution in [-0.4, -0.2) is 19.5 Å². The molecule has 0 aliphatic rings. The van der Waals surface area contributed by atoms with Crippen molar-refractivity contribution in [2.75, 3.05) is 0 Å². The summed E-state index contributed by atoms with van der Waals surface area (Å²) in [5.41, 5.74) is 3.21. The molecule has 142 valence electrons. The predicted octanol–water partition coefficient (Wildman–Crippen LogP) is 4.54. The van der Waals surface area contributed by atoms with Crippen molar-refractivity contribution in [2.45, 2.75) is 13.2 Å². The molecule has 0 aliphatic carbocycles. The summed E-state index contributed by atoms with van der Waals surface area (Å²) in [6.07, 6.45) is 0.990. The first-order valence-electron chi connectivity index (χ1n) is 9.37. The highest BCUT2D eigenvalue weighted by Gasteiger charge is 2.15. The molecule has 1 N–H and O–H groups in total. The van der Waals surface area contributed by atoms with Crippen LogP contribution < -0.4 is 10.3 Å².